The molecular weight excluding hydrogens is 348 g/mol. The van der Waals surface area contributed by atoms with Crippen LogP contribution in [0.15, 0.2) is 17.6 Å². The van der Waals surface area contributed by atoms with Gasteiger partial charge in [0.25, 0.3) is 11.8 Å². The summed E-state index contributed by atoms with van der Waals surface area (Å²) >= 11 is 1.48. The van der Waals surface area contributed by atoms with E-state index >= 15 is 0 Å². The second-order valence-corrected chi connectivity index (χ2v) is 7.85. The van der Waals surface area contributed by atoms with E-state index in [1.165, 1.54) is 11.3 Å². The Bertz CT molecular complexity index is 932. The van der Waals surface area contributed by atoms with Crippen molar-refractivity contribution in [3.05, 3.63) is 28.9 Å². The Hall–Kier alpha value is -2.43. The molecule has 2 aromatic heterocycles. The van der Waals surface area contributed by atoms with Crippen molar-refractivity contribution in [2.24, 2.45) is 11.7 Å². The zero-order valence-corrected chi connectivity index (χ0v) is 15.3. The van der Waals surface area contributed by atoms with Crippen molar-refractivity contribution in [2.75, 3.05) is 13.1 Å². The molecule has 3 N–H and O–H groups in total. The topological polar surface area (TPSA) is 88.3 Å². The Balaban J connectivity index is 1.58. The highest BCUT2D eigenvalue weighted by Crippen LogP contribution is 2.32. The highest BCUT2D eigenvalue weighted by Gasteiger charge is 2.40. The zero-order valence-electron chi connectivity index (χ0n) is 14.5. The Morgan fingerprint density at radius 3 is 2.85 bits per heavy atom. The zero-order chi connectivity index (χ0) is 18.3. The first-order valence-electron chi connectivity index (χ1n) is 8.76. The first-order chi connectivity index (χ1) is 12.5. The van der Waals surface area contributed by atoms with Crippen molar-refractivity contribution in [2.45, 2.75) is 31.8 Å². The smallest absolute Gasteiger partial charge is 0.293 e. The van der Waals surface area contributed by atoms with Crippen molar-refractivity contribution >= 4 is 33.2 Å². The van der Waals surface area contributed by atoms with Gasteiger partial charge < -0.3 is 11.1 Å². The summed E-state index contributed by atoms with van der Waals surface area (Å²) in [5.41, 5.74) is 6.16. The van der Waals surface area contributed by atoms with Gasteiger partial charge in [-0.05, 0) is 44.8 Å². The molecule has 2 atom stereocenters. The van der Waals surface area contributed by atoms with E-state index in [2.05, 4.69) is 34.0 Å². The number of primary amides is 1. The fourth-order valence-corrected chi connectivity index (χ4v) is 4.89. The number of carbonyl (C=O) groups excluding carboxylic acids is 2. The molecule has 2 aromatic rings. The van der Waals surface area contributed by atoms with Crippen molar-refractivity contribution in [1.29, 1.82) is 0 Å². The minimum atomic E-state index is -0.673. The van der Waals surface area contributed by atoms with Gasteiger partial charge in [-0.3, -0.25) is 14.5 Å². The average molecular weight is 368 g/mol. The van der Waals surface area contributed by atoms with E-state index in [-0.39, 0.29) is 11.9 Å². The van der Waals surface area contributed by atoms with Crippen LogP contribution in [0.1, 0.15) is 35.8 Å². The molecule has 0 aromatic carbocycles. The fraction of sp³-hybridized carbons (Fsp3) is 0.421. The first-order valence-corrected chi connectivity index (χ1v) is 9.64. The number of rotatable bonds is 2. The molecule has 3 aliphatic heterocycles. The van der Waals surface area contributed by atoms with Gasteiger partial charge in [0.05, 0.1) is 4.70 Å². The number of carbonyl (C=O) groups is 2. The third-order valence-corrected chi connectivity index (χ3v) is 6.42. The maximum absolute atomic E-state index is 12.8. The van der Waals surface area contributed by atoms with Crippen LogP contribution in [0.25, 0.3) is 10.1 Å². The van der Waals surface area contributed by atoms with E-state index in [1.54, 1.807) is 12.3 Å². The van der Waals surface area contributed by atoms with E-state index < -0.39 is 5.91 Å². The lowest BCUT2D eigenvalue weighted by Crippen LogP contribution is -2.62. The van der Waals surface area contributed by atoms with Crippen LogP contribution in [0.4, 0.5) is 0 Å². The Morgan fingerprint density at radius 1 is 1.38 bits per heavy atom. The maximum atomic E-state index is 12.8. The van der Waals surface area contributed by atoms with Crippen LogP contribution in [0.2, 0.25) is 0 Å². The van der Waals surface area contributed by atoms with E-state index in [9.17, 15) is 9.59 Å². The van der Waals surface area contributed by atoms with Gasteiger partial charge in [0.15, 0.2) is 0 Å². The van der Waals surface area contributed by atoms with Gasteiger partial charge >= 0.3 is 0 Å². The molecule has 3 aliphatic rings. The first kappa shape index (κ1) is 17.0. The second kappa shape index (κ2) is 6.71. The summed E-state index contributed by atoms with van der Waals surface area (Å²) in [5.74, 6) is 4.82. The summed E-state index contributed by atoms with van der Waals surface area (Å²) in [7, 11) is 0. The standard InChI is InChI=1S/C19H20N4O2S/c1-11-18(12-4-6-23(11)7-5-12)22-19(25)15-8-14-13(2-3-17(20)24)10-26-16(14)9-21-15/h8-12,18H,4-7H2,1H3,(H2,20,24)(H,22,25). The number of pyridine rings is 1. The van der Waals surface area contributed by atoms with Gasteiger partial charge in [-0.15, -0.1) is 11.3 Å². The summed E-state index contributed by atoms with van der Waals surface area (Å²) in [4.78, 5) is 30.4. The maximum Gasteiger partial charge on any atom is 0.293 e. The number of nitrogens with zero attached hydrogens (tertiary/aromatic N) is 2. The second-order valence-electron chi connectivity index (χ2n) is 6.94. The van der Waals surface area contributed by atoms with Gasteiger partial charge in [0.2, 0.25) is 0 Å². The Labute approximate surface area is 155 Å². The van der Waals surface area contributed by atoms with Gasteiger partial charge in [-0.2, -0.15) is 0 Å². The van der Waals surface area contributed by atoms with Crippen LogP contribution in [0, 0.1) is 17.8 Å². The molecule has 6 nitrogen and oxygen atoms in total. The molecule has 0 spiro atoms. The van der Waals surface area contributed by atoms with Crippen LogP contribution in [-0.4, -0.2) is 46.9 Å². The number of aromatic nitrogens is 1. The van der Waals surface area contributed by atoms with Gasteiger partial charge in [0, 0.05) is 40.5 Å². The summed E-state index contributed by atoms with van der Waals surface area (Å²) in [6.45, 7) is 4.43. The van der Waals surface area contributed by atoms with Crippen LogP contribution in [0.5, 0.6) is 0 Å². The molecule has 0 radical (unpaired) electrons. The molecule has 5 rings (SSSR count). The predicted octanol–water partition coefficient (Wildman–Crippen LogP) is 1.35. The molecule has 3 fully saturated rings. The molecule has 2 amide bonds. The fourth-order valence-electron chi connectivity index (χ4n) is 4.05. The third-order valence-electron chi connectivity index (χ3n) is 5.49. The number of hydrogen-bond donors (Lipinski definition) is 2. The Morgan fingerprint density at radius 2 is 2.15 bits per heavy atom. The van der Waals surface area contributed by atoms with Crippen LogP contribution in [0.3, 0.4) is 0 Å². The largest absolute Gasteiger partial charge is 0.359 e. The van der Waals surface area contributed by atoms with Crippen LogP contribution >= 0.6 is 11.3 Å². The number of thiophene rings is 1. The van der Waals surface area contributed by atoms with E-state index in [1.807, 2.05) is 5.38 Å². The number of piperidine rings is 3. The van der Waals surface area contributed by atoms with Gasteiger partial charge in [0.1, 0.15) is 5.69 Å². The van der Waals surface area contributed by atoms with Crippen molar-refractivity contribution in [3.8, 4) is 11.8 Å². The number of hydrogen-bond acceptors (Lipinski definition) is 5. The van der Waals surface area contributed by atoms with Crippen molar-refractivity contribution < 1.29 is 9.59 Å². The summed E-state index contributed by atoms with van der Waals surface area (Å²) in [6, 6.07) is 2.27. The normalized spacial score (nSPS) is 27.0. The van der Waals surface area contributed by atoms with Gasteiger partial charge in [-0.1, -0.05) is 5.92 Å². The molecule has 0 aliphatic carbocycles. The Kier molecular flexibility index (Phi) is 4.39. The molecule has 2 bridgehead atoms. The minimum absolute atomic E-state index is 0.155. The lowest BCUT2D eigenvalue weighted by molar-refractivity contribution is -0.112. The number of fused-ring (bicyclic) bond motifs is 4. The minimum Gasteiger partial charge on any atom is -0.359 e. The highest BCUT2D eigenvalue weighted by molar-refractivity contribution is 7.17. The average Bonchev–Trinajstić information content (AvgIpc) is 3.05. The van der Waals surface area contributed by atoms with Crippen LogP contribution < -0.4 is 11.1 Å². The number of nitrogens with two attached hydrogens (primary N) is 1. The molecule has 7 heteroatoms. The molecule has 26 heavy (non-hydrogen) atoms. The summed E-state index contributed by atoms with van der Waals surface area (Å²) in [5, 5.41) is 5.86. The SMILES string of the molecule is CC1C(NC(=O)c2cc3c(C#CC(N)=O)csc3cn2)C2CCN1CC2. The molecular formula is C19H20N4O2S. The molecule has 2 unspecified atom stereocenters. The molecule has 134 valence electrons. The van der Waals surface area contributed by atoms with E-state index in [0.29, 0.717) is 23.2 Å². The number of nitrogens with one attached hydrogen (secondary N) is 1. The molecule has 3 saturated heterocycles. The summed E-state index contributed by atoms with van der Waals surface area (Å²) in [6.07, 6.45) is 3.96. The summed E-state index contributed by atoms with van der Waals surface area (Å²) < 4.78 is 0.923. The lowest BCUT2D eigenvalue weighted by Gasteiger charge is -2.49. The van der Waals surface area contributed by atoms with Gasteiger partial charge in [-0.25, -0.2) is 4.98 Å². The third kappa shape index (κ3) is 3.06. The van der Waals surface area contributed by atoms with E-state index in [4.69, 9.17) is 5.73 Å². The predicted molar refractivity (Wildman–Crippen MR) is 101 cm³/mol. The highest BCUT2D eigenvalue weighted by atomic mass is 32.1. The lowest BCUT2D eigenvalue weighted by atomic mass is 9.79. The monoisotopic (exact) mass is 368 g/mol. The number of amides is 2. The quantitative estimate of drug-likeness (QED) is 0.783. The van der Waals surface area contributed by atoms with Crippen LogP contribution in [-0.2, 0) is 4.79 Å². The molecule has 5 heterocycles. The van der Waals surface area contributed by atoms with Crippen molar-refractivity contribution in [3.63, 3.8) is 0 Å². The van der Waals surface area contributed by atoms with Crippen molar-refractivity contribution in [1.82, 2.24) is 15.2 Å². The van der Waals surface area contributed by atoms with E-state index in [0.717, 1.165) is 36.0 Å². The molecule has 0 saturated carbocycles.